The highest BCUT2D eigenvalue weighted by Crippen LogP contribution is 2.33. The van der Waals surface area contributed by atoms with Crippen molar-refractivity contribution in [3.8, 4) is 0 Å². The van der Waals surface area contributed by atoms with Crippen LogP contribution in [0.3, 0.4) is 0 Å². The molecule has 1 N–H and O–H groups in total. The van der Waals surface area contributed by atoms with E-state index in [0.717, 1.165) is 31.3 Å². The smallest absolute Gasteiger partial charge is 0.230 e. The molecule has 0 aliphatic carbocycles. The summed E-state index contributed by atoms with van der Waals surface area (Å²) in [4.78, 5) is 6.06. The van der Waals surface area contributed by atoms with E-state index in [0.29, 0.717) is 6.04 Å². The molecule has 0 bridgehead atoms. The molecule has 0 saturated carbocycles. The summed E-state index contributed by atoms with van der Waals surface area (Å²) in [6.45, 7) is 5.94. The highest BCUT2D eigenvalue weighted by Gasteiger charge is 2.27. The minimum absolute atomic E-state index is 0.275. The Kier molecular flexibility index (Phi) is 4.10. The van der Waals surface area contributed by atoms with Crippen molar-refractivity contribution in [2.45, 2.75) is 51.6 Å². The fourth-order valence-corrected chi connectivity index (χ4v) is 3.55. The summed E-state index contributed by atoms with van der Waals surface area (Å²) in [7, 11) is 0. The number of nitrogens with zero attached hydrogens (tertiary/aromatic N) is 3. The lowest BCUT2D eigenvalue weighted by atomic mass is 9.99. The molecular formula is C19H24N4O. The predicted molar refractivity (Wildman–Crippen MR) is 93.7 cm³/mol. The molecular weight excluding hydrogens is 300 g/mol. The van der Waals surface area contributed by atoms with E-state index >= 15 is 0 Å². The molecule has 1 saturated heterocycles. The van der Waals surface area contributed by atoms with Crippen LogP contribution in [0, 0.1) is 0 Å². The molecule has 126 valence electrons. The molecule has 1 aliphatic rings. The number of aromatic amines is 1. The Hall–Kier alpha value is -2.14. The number of rotatable bonds is 4. The van der Waals surface area contributed by atoms with E-state index in [1.54, 1.807) is 0 Å². The Morgan fingerprint density at radius 3 is 2.92 bits per heavy atom. The second-order valence-electron chi connectivity index (χ2n) is 6.98. The maximum Gasteiger partial charge on any atom is 0.230 e. The lowest BCUT2D eigenvalue weighted by molar-refractivity contribution is 0.124. The quantitative estimate of drug-likeness (QED) is 0.772. The number of likely N-dealkylation sites (tertiary alicyclic amines) is 1. The lowest BCUT2D eigenvalue weighted by Gasteiger charge is -2.34. The summed E-state index contributed by atoms with van der Waals surface area (Å²) in [5.41, 5.74) is 2.50. The summed E-state index contributed by atoms with van der Waals surface area (Å²) in [5.74, 6) is 1.72. The van der Waals surface area contributed by atoms with Gasteiger partial charge >= 0.3 is 0 Å². The van der Waals surface area contributed by atoms with Crippen LogP contribution in [0.4, 0.5) is 0 Å². The van der Waals surface area contributed by atoms with Crippen LogP contribution >= 0.6 is 0 Å². The molecule has 5 heteroatoms. The molecule has 2 aromatic heterocycles. The van der Waals surface area contributed by atoms with Crippen LogP contribution in [0.25, 0.3) is 10.9 Å². The van der Waals surface area contributed by atoms with Crippen molar-refractivity contribution in [3.05, 3.63) is 47.8 Å². The Labute approximate surface area is 142 Å². The number of para-hydroxylation sites is 1. The second-order valence-corrected chi connectivity index (χ2v) is 6.98. The van der Waals surface area contributed by atoms with Crippen LogP contribution < -0.4 is 0 Å². The minimum Gasteiger partial charge on any atom is -0.424 e. The van der Waals surface area contributed by atoms with E-state index in [4.69, 9.17) is 4.42 Å². The Balaban J connectivity index is 1.58. The number of piperidine rings is 1. The zero-order valence-corrected chi connectivity index (χ0v) is 14.3. The van der Waals surface area contributed by atoms with E-state index in [-0.39, 0.29) is 5.92 Å². The fraction of sp³-hybridized carbons (Fsp3) is 0.474. The fourth-order valence-electron chi connectivity index (χ4n) is 3.55. The number of hydrogen-bond acceptors (Lipinski definition) is 4. The third-order valence-corrected chi connectivity index (χ3v) is 4.84. The van der Waals surface area contributed by atoms with Crippen molar-refractivity contribution in [1.82, 2.24) is 20.1 Å². The van der Waals surface area contributed by atoms with Gasteiger partial charge in [0.2, 0.25) is 11.8 Å². The molecule has 3 aromatic rings. The normalized spacial score (nSPS) is 19.4. The first kappa shape index (κ1) is 15.4. The maximum absolute atomic E-state index is 5.82. The SMILES string of the molecule is CC(C)c1nnc(CN2CCCC[C@H]2c2cc3ccccc3[nH]2)o1. The van der Waals surface area contributed by atoms with E-state index in [1.165, 1.54) is 29.4 Å². The van der Waals surface area contributed by atoms with Crippen molar-refractivity contribution >= 4 is 10.9 Å². The van der Waals surface area contributed by atoms with Gasteiger partial charge in [0, 0.05) is 17.1 Å². The van der Waals surface area contributed by atoms with Crippen LogP contribution in [-0.4, -0.2) is 26.6 Å². The molecule has 1 aliphatic heterocycles. The number of hydrogen-bond donors (Lipinski definition) is 1. The van der Waals surface area contributed by atoms with Crippen LogP contribution in [0.15, 0.2) is 34.7 Å². The largest absolute Gasteiger partial charge is 0.424 e. The van der Waals surface area contributed by atoms with Gasteiger partial charge in [-0.25, -0.2) is 0 Å². The van der Waals surface area contributed by atoms with Gasteiger partial charge in [-0.05, 0) is 36.9 Å². The maximum atomic E-state index is 5.82. The first-order valence-electron chi connectivity index (χ1n) is 8.84. The van der Waals surface area contributed by atoms with Crippen molar-refractivity contribution in [1.29, 1.82) is 0 Å². The van der Waals surface area contributed by atoms with Gasteiger partial charge in [0.15, 0.2) is 0 Å². The van der Waals surface area contributed by atoms with Crippen LogP contribution in [0.1, 0.15) is 62.5 Å². The lowest BCUT2D eigenvalue weighted by Crippen LogP contribution is -2.33. The summed E-state index contributed by atoms with van der Waals surface area (Å²) in [6.07, 6.45) is 3.65. The van der Waals surface area contributed by atoms with Gasteiger partial charge in [-0.15, -0.1) is 10.2 Å². The number of H-pyrrole nitrogens is 1. The summed E-state index contributed by atoms with van der Waals surface area (Å²) >= 11 is 0. The highest BCUT2D eigenvalue weighted by molar-refractivity contribution is 5.80. The topological polar surface area (TPSA) is 58.0 Å². The van der Waals surface area contributed by atoms with Gasteiger partial charge in [-0.2, -0.15) is 0 Å². The zero-order chi connectivity index (χ0) is 16.5. The van der Waals surface area contributed by atoms with E-state index in [1.807, 2.05) is 0 Å². The number of fused-ring (bicyclic) bond motifs is 1. The summed E-state index contributed by atoms with van der Waals surface area (Å²) < 4.78 is 5.82. The minimum atomic E-state index is 0.275. The van der Waals surface area contributed by atoms with Crippen LogP contribution in [0.5, 0.6) is 0 Å². The van der Waals surface area contributed by atoms with Crippen molar-refractivity contribution < 1.29 is 4.42 Å². The molecule has 0 radical (unpaired) electrons. The molecule has 1 aromatic carbocycles. The molecule has 3 heterocycles. The Morgan fingerprint density at radius 2 is 2.12 bits per heavy atom. The molecule has 4 rings (SSSR count). The standard InChI is InChI=1S/C19H24N4O/c1-13(2)19-22-21-18(24-19)12-23-10-6-5-9-17(23)16-11-14-7-3-4-8-15(14)20-16/h3-4,7-8,11,13,17,20H,5-6,9-10,12H2,1-2H3/t17-/m0/s1. The summed E-state index contributed by atoms with van der Waals surface area (Å²) in [6, 6.07) is 11.1. The number of aromatic nitrogens is 3. The van der Waals surface area contributed by atoms with Crippen molar-refractivity contribution in [2.24, 2.45) is 0 Å². The molecule has 0 amide bonds. The number of nitrogens with one attached hydrogen (secondary N) is 1. The first-order valence-corrected chi connectivity index (χ1v) is 8.84. The Bertz CT molecular complexity index is 787. The van der Waals surface area contributed by atoms with E-state index < -0.39 is 0 Å². The molecule has 1 fully saturated rings. The van der Waals surface area contributed by atoms with Crippen molar-refractivity contribution in [2.75, 3.05) is 6.54 Å². The first-order chi connectivity index (χ1) is 11.7. The van der Waals surface area contributed by atoms with Gasteiger partial charge in [0.25, 0.3) is 0 Å². The molecule has 1 atom stereocenters. The third kappa shape index (κ3) is 2.96. The van der Waals surface area contributed by atoms with E-state index in [9.17, 15) is 0 Å². The average Bonchev–Trinajstić information content (AvgIpc) is 3.22. The number of benzene rings is 1. The van der Waals surface area contributed by atoms with E-state index in [2.05, 4.69) is 64.3 Å². The molecule has 5 nitrogen and oxygen atoms in total. The van der Waals surface area contributed by atoms with Gasteiger partial charge in [-0.3, -0.25) is 4.90 Å². The van der Waals surface area contributed by atoms with Crippen LogP contribution in [-0.2, 0) is 6.54 Å². The Morgan fingerprint density at radius 1 is 1.25 bits per heavy atom. The second kappa shape index (κ2) is 6.40. The predicted octanol–water partition coefficient (Wildman–Crippen LogP) is 4.40. The van der Waals surface area contributed by atoms with Gasteiger partial charge in [-0.1, -0.05) is 38.5 Å². The molecule has 0 spiro atoms. The van der Waals surface area contributed by atoms with Crippen LogP contribution in [0.2, 0.25) is 0 Å². The average molecular weight is 324 g/mol. The molecule has 24 heavy (non-hydrogen) atoms. The highest BCUT2D eigenvalue weighted by atomic mass is 16.4. The van der Waals surface area contributed by atoms with Gasteiger partial charge in [0.1, 0.15) is 0 Å². The summed E-state index contributed by atoms with van der Waals surface area (Å²) in [5, 5.41) is 9.67. The third-order valence-electron chi connectivity index (χ3n) is 4.84. The zero-order valence-electron chi connectivity index (χ0n) is 14.3. The van der Waals surface area contributed by atoms with Gasteiger partial charge < -0.3 is 9.40 Å². The van der Waals surface area contributed by atoms with Gasteiger partial charge in [0.05, 0.1) is 12.6 Å². The molecule has 0 unspecified atom stereocenters. The monoisotopic (exact) mass is 324 g/mol. The van der Waals surface area contributed by atoms with Crippen molar-refractivity contribution in [3.63, 3.8) is 0 Å².